The van der Waals surface area contributed by atoms with Crippen molar-refractivity contribution in [2.45, 2.75) is 12.8 Å². The highest BCUT2D eigenvalue weighted by atomic mass is 79.9. The van der Waals surface area contributed by atoms with Gasteiger partial charge in [0.25, 0.3) is 0 Å². The molecule has 0 aliphatic rings. The molecule has 0 saturated carbocycles. The summed E-state index contributed by atoms with van der Waals surface area (Å²) in [6.45, 7) is 1.71. The summed E-state index contributed by atoms with van der Waals surface area (Å²) < 4.78 is 0.443. The third-order valence-electron chi connectivity index (χ3n) is 1.94. The molecule has 1 rings (SSSR count). The van der Waals surface area contributed by atoms with Crippen LogP contribution in [0.25, 0.3) is 0 Å². The van der Waals surface area contributed by atoms with Gasteiger partial charge < -0.3 is 15.3 Å². The van der Waals surface area contributed by atoms with E-state index in [0.717, 1.165) is 0 Å². The van der Waals surface area contributed by atoms with Crippen molar-refractivity contribution in [1.82, 2.24) is 0 Å². The molecule has 0 heterocycles. The molecule has 1 aromatic carbocycles. The van der Waals surface area contributed by atoms with Gasteiger partial charge in [-0.05, 0) is 22.0 Å². The van der Waals surface area contributed by atoms with Crippen LogP contribution >= 0.6 is 15.9 Å². The van der Waals surface area contributed by atoms with E-state index in [4.69, 9.17) is 5.11 Å². The molecule has 1 atom stereocenters. The van der Waals surface area contributed by atoms with Crippen LogP contribution in [0.3, 0.4) is 0 Å². The summed E-state index contributed by atoms with van der Waals surface area (Å²) in [6.07, 6.45) is 0. The molecule has 0 spiro atoms. The fraction of sp³-hybridized carbons (Fsp3) is 0.333. The van der Waals surface area contributed by atoms with E-state index in [1.165, 1.54) is 0 Å². The second-order valence-corrected chi connectivity index (χ2v) is 3.77. The topological polar surface area (TPSA) is 60.7 Å². The second-order valence-electron chi connectivity index (χ2n) is 2.92. The normalized spacial score (nSPS) is 12.8. The van der Waals surface area contributed by atoms with Crippen molar-refractivity contribution >= 4 is 15.9 Å². The molecule has 1 unspecified atom stereocenters. The quantitative estimate of drug-likeness (QED) is 0.700. The van der Waals surface area contributed by atoms with E-state index in [1.807, 2.05) is 0 Å². The second kappa shape index (κ2) is 3.98. The molecule has 0 saturated heterocycles. The van der Waals surface area contributed by atoms with Crippen molar-refractivity contribution in [3.63, 3.8) is 0 Å². The highest BCUT2D eigenvalue weighted by molar-refractivity contribution is 9.10. The predicted molar refractivity (Wildman–Crippen MR) is 53.0 cm³/mol. The van der Waals surface area contributed by atoms with Gasteiger partial charge in [-0.2, -0.15) is 0 Å². The third-order valence-corrected chi connectivity index (χ3v) is 2.58. The molecule has 1 aromatic rings. The van der Waals surface area contributed by atoms with E-state index in [0.29, 0.717) is 10.0 Å². The average Bonchev–Trinajstić information content (AvgIpc) is 2.13. The SMILES string of the molecule is CC(CO)c1ccc(Br)c(O)c1O. The summed E-state index contributed by atoms with van der Waals surface area (Å²) in [5.74, 6) is -0.535. The van der Waals surface area contributed by atoms with Gasteiger partial charge in [0.15, 0.2) is 11.5 Å². The van der Waals surface area contributed by atoms with Crippen molar-refractivity contribution in [3.05, 3.63) is 22.2 Å². The van der Waals surface area contributed by atoms with Gasteiger partial charge in [-0.1, -0.05) is 13.0 Å². The molecule has 72 valence electrons. The monoisotopic (exact) mass is 246 g/mol. The molecule has 4 heteroatoms. The zero-order chi connectivity index (χ0) is 10.0. The van der Waals surface area contributed by atoms with Crippen molar-refractivity contribution in [3.8, 4) is 11.5 Å². The lowest BCUT2D eigenvalue weighted by Gasteiger charge is -2.11. The Hall–Kier alpha value is -0.740. The number of phenols is 2. The van der Waals surface area contributed by atoms with Crippen LogP contribution in [0.2, 0.25) is 0 Å². The molecule has 0 bridgehead atoms. The van der Waals surface area contributed by atoms with Crippen LogP contribution in [0.4, 0.5) is 0 Å². The van der Waals surface area contributed by atoms with Gasteiger partial charge in [0.2, 0.25) is 0 Å². The predicted octanol–water partition coefficient (Wildman–Crippen LogP) is 1.96. The number of hydrogen-bond acceptors (Lipinski definition) is 3. The van der Waals surface area contributed by atoms with Crippen molar-refractivity contribution in [1.29, 1.82) is 0 Å². The van der Waals surface area contributed by atoms with E-state index in [1.54, 1.807) is 19.1 Å². The summed E-state index contributed by atoms with van der Waals surface area (Å²) in [5.41, 5.74) is 0.545. The minimum absolute atomic E-state index is 0.0609. The van der Waals surface area contributed by atoms with Crippen LogP contribution in [0, 0.1) is 0 Å². The first-order chi connectivity index (χ1) is 6.07. The van der Waals surface area contributed by atoms with E-state index in [2.05, 4.69) is 15.9 Å². The van der Waals surface area contributed by atoms with E-state index >= 15 is 0 Å². The average molecular weight is 247 g/mol. The number of phenolic OH excluding ortho intramolecular Hbond substituents is 2. The molecule has 13 heavy (non-hydrogen) atoms. The molecule has 0 amide bonds. The highest BCUT2D eigenvalue weighted by Gasteiger charge is 2.14. The molecule has 0 aliphatic carbocycles. The van der Waals surface area contributed by atoms with Crippen LogP contribution in [-0.2, 0) is 0 Å². The number of aromatic hydroxyl groups is 2. The van der Waals surface area contributed by atoms with Crippen LogP contribution in [0.1, 0.15) is 18.4 Å². The number of halogens is 1. The Kier molecular flexibility index (Phi) is 3.17. The van der Waals surface area contributed by atoms with Crippen LogP contribution in [-0.4, -0.2) is 21.9 Å². The van der Waals surface area contributed by atoms with Crippen LogP contribution < -0.4 is 0 Å². The van der Waals surface area contributed by atoms with E-state index in [-0.39, 0.29) is 24.0 Å². The first-order valence-electron chi connectivity index (χ1n) is 3.89. The van der Waals surface area contributed by atoms with Gasteiger partial charge in [-0.25, -0.2) is 0 Å². The first kappa shape index (κ1) is 10.3. The van der Waals surface area contributed by atoms with Crippen molar-refractivity contribution < 1.29 is 15.3 Å². The van der Waals surface area contributed by atoms with E-state index in [9.17, 15) is 10.2 Å². The summed E-state index contributed by atoms with van der Waals surface area (Å²) >= 11 is 3.08. The molecular weight excluding hydrogens is 236 g/mol. The number of aliphatic hydroxyl groups is 1. The smallest absolute Gasteiger partial charge is 0.172 e. The summed E-state index contributed by atoms with van der Waals surface area (Å²) in [7, 11) is 0. The Labute approximate surface area is 84.8 Å². The molecule has 0 fully saturated rings. The summed E-state index contributed by atoms with van der Waals surface area (Å²) in [6, 6.07) is 3.30. The lowest BCUT2D eigenvalue weighted by molar-refractivity contribution is 0.269. The van der Waals surface area contributed by atoms with E-state index < -0.39 is 0 Å². The zero-order valence-electron chi connectivity index (χ0n) is 7.16. The van der Waals surface area contributed by atoms with Gasteiger partial charge >= 0.3 is 0 Å². The highest BCUT2D eigenvalue weighted by Crippen LogP contribution is 2.38. The number of rotatable bonds is 2. The Morgan fingerprint density at radius 2 is 1.92 bits per heavy atom. The largest absolute Gasteiger partial charge is 0.504 e. The maximum absolute atomic E-state index is 9.49. The molecule has 3 N–H and O–H groups in total. The van der Waals surface area contributed by atoms with Crippen molar-refractivity contribution in [2.24, 2.45) is 0 Å². The van der Waals surface area contributed by atoms with Gasteiger partial charge in [-0.3, -0.25) is 0 Å². The van der Waals surface area contributed by atoms with Crippen LogP contribution in [0.15, 0.2) is 16.6 Å². The Morgan fingerprint density at radius 3 is 2.46 bits per heavy atom. The van der Waals surface area contributed by atoms with Crippen LogP contribution in [0.5, 0.6) is 11.5 Å². The number of benzene rings is 1. The zero-order valence-corrected chi connectivity index (χ0v) is 8.74. The van der Waals surface area contributed by atoms with Crippen molar-refractivity contribution in [2.75, 3.05) is 6.61 Å². The molecule has 0 radical (unpaired) electrons. The standard InChI is InChI=1S/C9H11BrO3/c1-5(4-11)6-2-3-7(10)9(13)8(6)12/h2-3,5,11-13H,4H2,1H3. The van der Waals surface area contributed by atoms with Gasteiger partial charge in [0.05, 0.1) is 4.47 Å². The molecule has 3 nitrogen and oxygen atoms in total. The maximum Gasteiger partial charge on any atom is 0.172 e. The molecular formula is C9H11BrO3. The minimum atomic E-state index is -0.183. The van der Waals surface area contributed by atoms with Gasteiger partial charge in [-0.15, -0.1) is 0 Å². The maximum atomic E-state index is 9.49. The molecule has 0 aromatic heterocycles. The number of aliphatic hydroxyl groups excluding tert-OH is 1. The summed E-state index contributed by atoms with van der Waals surface area (Å²) in [5, 5.41) is 27.7. The molecule has 0 aliphatic heterocycles. The fourth-order valence-electron chi connectivity index (χ4n) is 1.07. The third kappa shape index (κ3) is 1.95. The summed E-state index contributed by atoms with van der Waals surface area (Å²) in [4.78, 5) is 0. The van der Waals surface area contributed by atoms with Gasteiger partial charge in [0, 0.05) is 18.1 Å². The lowest BCUT2D eigenvalue weighted by atomic mass is 10.0. The fourth-order valence-corrected chi connectivity index (χ4v) is 1.39. The van der Waals surface area contributed by atoms with Gasteiger partial charge in [0.1, 0.15) is 0 Å². The Bertz CT molecular complexity index is 312. The Morgan fingerprint density at radius 1 is 1.31 bits per heavy atom. The number of hydrogen-bond donors (Lipinski definition) is 3. The minimum Gasteiger partial charge on any atom is -0.504 e. The Balaban J connectivity index is 3.18. The lowest BCUT2D eigenvalue weighted by Crippen LogP contribution is -1.99. The first-order valence-corrected chi connectivity index (χ1v) is 4.68.